The van der Waals surface area contributed by atoms with Crippen LogP contribution in [0.4, 0.5) is 10.5 Å². The molecule has 3 atom stereocenters. The Morgan fingerprint density at radius 3 is 2.45 bits per heavy atom. The zero-order valence-corrected chi connectivity index (χ0v) is 11.7. The summed E-state index contributed by atoms with van der Waals surface area (Å²) < 4.78 is 5.73. The van der Waals surface area contributed by atoms with Crippen LogP contribution in [0.3, 0.4) is 0 Å². The van der Waals surface area contributed by atoms with E-state index >= 15 is 0 Å². The Balaban J connectivity index is 1.61. The van der Waals surface area contributed by atoms with Crippen LogP contribution in [0.1, 0.15) is 31.4 Å². The first-order chi connectivity index (χ1) is 9.61. The van der Waals surface area contributed by atoms with Crippen molar-refractivity contribution in [3.8, 4) is 0 Å². The molecule has 0 radical (unpaired) electrons. The number of fused-ring (bicyclic) bond motifs is 2. The highest BCUT2D eigenvalue weighted by Gasteiger charge is 2.35. The highest BCUT2D eigenvalue weighted by Crippen LogP contribution is 2.26. The number of morpholine rings is 1. The van der Waals surface area contributed by atoms with Crippen LogP contribution >= 0.6 is 0 Å². The lowest BCUT2D eigenvalue weighted by molar-refractivity contribution is -0.0219. The topological polar surface area (TPSA) is 67.6 Å². The fraction of sp³-hybridized carbons (Fsp3) is 0.533. The Labute approximate surface area is 119 Å². The van der Waals surface area contributed by atoms with E-state index in [2.05, 4.69) is 5.32 Å². The highest BCUT2D eigenvalue weighted by molar-refractivity contribution is 5.89. The van der Waals surface area contributed by atoms with E-state index in [4.69, 9.17) is 10.5 Å². The summed E-state index contributed by atoms with van der Waals surface area (Å²) in [5.41, 5.74) is 7.68. The molecule has 5 nitrogen and oxygen atoms in total. The molecule has 0 spiro atoms. The van der Waals surface area contributed by atoms with E-state index in [-0.39, 0.29) is 24.3 Å². The number of amides is 2. The lowest BCUT2D eigenvalue weighted by atomic mass is 10.1. The number of hydrogen-bond acceptors (Lipinski definition) is 3. The average molecular weight is 275 g/mol. The molecule has 0 aromatic heterocycles. The van der Waals surface area contributed by atoms with E-state index in [0.29, 0.717) is 13.1 Å². The number of ether oxygens (including phenoxy) is 1. The molecule has 20 heavy (non-hydrogen) atoms. The highest BCUT2D eigenvalue weighted by atomic mass is 16.5. The predicted molar refractivity (Wildman–Crippen MR) is 77.5 cm³/mol. The number of urea groups is 1. The smallest absolute Gasteiger partial charge is 0.322 e. The number of nitrogens with zero attached hydrogens (tertiary/aromatic N) is 1. The summed E-state index contributed by atoms with van der Waals surface area (Å²) in [4.78, 5) is 14.1. The molecule has 2 heterocycles. The molecule has 3 unspecified atom stereocenters. The lowest BCUT2D eigenvalue weighted by Gasteiger charge is -2.32. The number of rotatable bonds is 2. The van der Waals surface area contributed by atoms with Gasteiger partial charge in [-0.1, -0.05) is 12.1 Å². The van der Waals surface area contributed by atoms with Crippen LogP contribution in [0.25, 0.3) is 0 Å². The zero-order valence-electron chi connectivity index (χ0n) is 11.7. The lowest BCUT2D eigenvalue weighted by Crippen LogP contribution is -2.47. The molecular weight excluding hydrogens is 254 g/mol. The van der Waals surface area contributed by atoms with Gasteiger partial charge in [-0.05, 0) is 37.5 Å². The van der Waals surface area contributed by atoms with Gasteiger partial charge in [-0.2, -0.15) is 0 Å². The third kappa shape index (κ3) is 2.78. The van der Waals surface area contributed by atoms with Crippen LogP contribution < -0.4 is 11.1 Å². The molecule has 2 fully saturated rings. The van der Waals surface area contributed by atoms with Gasteiger partial charge in [0.05, 0.1) is 12.2 Å². The van der Waals surface area contributed by atoms with E-state index in [1.54, 1.807) is 0 Å². The summed E-state index contributed by atoms with van der Waals surface area (Å²) in [6.45, 7) is 3.33. The third-order valence-electron chi connectivity index (χ3n) is 4.02. The van der Waals surface area contributed by atoms with Crippen LogP contribution in [0.15, 0.2) is 24.3 Å². The molecule has 2 saturated heterocycles. The zero-order chi connectivity index (χ0) is 14.1. The normalized spacial score (nSPS) is 26.4. The molecule has 0 aliphatic carbocycles. The number of hydrogen-bond donors (Lipinski definition) is 2. The quantitative estimate of drug-likeness (QED) is 0.868. The maximum absolute atomic E-state index is 12.2. The Morgan fingerprint density at radius 2 is 1.90 bits per heavy atom. The SMILES string of the molecule is CC(N)c1ccc(NC(=O)N2CC3CCC(C2)O3)cc1. The van der Waals surface area contributed by atoms with Crippen LogP contribution in [-0.2, 0) is 4.74 Å². The summed E-state index contributed by atoms with van der Waals surface area (Å²) >= 11 is 0. The van der Waals surface area contributed by atoms with Crippen molar-refractivity contribution in [3.05, 3.63) is 29.8 Å². The molecule has 2 amide bonds. The van der Waals surface area contributed by atoms with Crippen molar-refractivity contribution in [2.24, 2.45) is 5.73 Å². The second-order valence-corrected chi connectivity index (χ2v) is 5.70. The average Bonchev–Trinajstić information content (AvgIpc) is 2.78. The van der Waals surface area contributed by atoms with E-state index in [0.717, 1.165) is 24.1 Å². The van der Waals surface area contributed by atoms with E-state index in [1.807, 2.05) is 36.1 Å². The minimum atomic E-state index is -0.0428. The molecule has 3 rings (SSSR count). The first kappa shape index (κ1) is 13.4. The maximum atomic E-state index is 12.2. The van der Waals surface area contributed by atoms with E-state index in [1.165, 1.54) is 0 Å². The van der Waals surface area contributed by atoms with Crippen LogP contribution in [0.2, 0.25) is 0 Å². The Bertz CT molecular complexity index is 474. The minimum absolute atomic E-state index is 0.00891. The van der Waals surface area contributed by atoms with Crippen LogP contribution in [-0.4, -0.2) is 36.2 Å². The predicted octanol–water partition coefficient (Wildman–Crippen LogP) is 2.10. The van der Waals surface area contributed by atoms with Gasteiger partial charge in [0.25, 0.3) is 0 Å². The largest absolute Gasteiger partial charge is 0.371 e. The van der Waals surface area contributed by atoms with Gasteiger partial charge in [-0.25, -0.2) is 4.79 Å². The number of nitrogens with one attached hydrogen (secondary N) is 1. The van der Waals surface area contributed by atoms with Gasteiger partial charge in [0.1, 0.15) is 0 Å². The van der Waals surface area contributed by atoms with Crippen molar-refractivity contribution in [3.63, 3.8) is 0 Å². The molecule has 108 valence electrons. The van der Waals surface area contributed by atoms with Gasteiger partial charge in [0.2, 0.25) is 0 Å². The first-order valence-electron chi connectivity index (χ1n) is 7.19. The van der Waals surface area contributed by atoms with Crippen molar-refractivity contribution >= 4 is 11.7 Å². The molecule has 3 N–H and O–H groups in total. The molecular formula is C15H21N3O2. The monoisotopic (exact) mass is 275 g/mol. The molecule has 2 bridgehead atoms. The van der Waals surface area contributed by atoms with Gasteiger partial charge in [-0.15, -0.1) is 0 Å². The Kier molecular flexibility index (Phi) is 3.63. The molecule has 1 aromatic rings. The van der Waals surface area contributed by atoms with Gasteiger partial charge in [0, 0.05) is 24.8 Å². The summed E-state index contributed by atoms with van der Waals surface area (Å²) in [6, 6.07) is 7.65. The van der Waals surface area contributed by atoms with Crippen molar-refractivity contribution in [1.29, 1.82) is 0 Å². The van der Waals surface area contributed by atoms with Crippen molar-refractivity contribution in [1.82, 2.24) is 4.90 Å². The molecule has 1 aromatic carbocycles. The fourth-order valence-electron chi connectivity index (χ4n) is 2.85. The fourth-order valence-corrected chi connectivity index (χ4v) is 2.85. The molecule has 0 saturated carbocycles. The Hall–Kier alpha value is -1.59. The molecule has 5 heteroatoms. The second-order valence-electron chi connectivity index (χ2n) is 5.70. The van der Waals surface area contributed by atoms with E-state index in [9.17, 15) is 4.79 Å². The number of carbonyl (C=O) groups is 1. The number of benzene rings is 1. The number of nitrogens with two attached hydrogens (primary N) is 1. The first-order valence-corrected chi connectivity index (χ1v) is 7.19. The summed E-state index contributed by atoms with van der Waals surface area (Å²) in [7, 11) is 0. The van der Waals surface area contributed by atoms with Gasteiger partial charge in [0.15, 0.2) is 0 Å². The van der Waals surface area contributed by atoms with Crippen LogP contribution in [0.5, 0.6) is 0 Å². The Morgan fingerprint density at radius 1 is 1.30 bits per heavy atom. The molecule has 2 aliphatic heterocycles. The number of anilines is 1. The van der Waals surface area contributed by atoms with Crippen molar-refractivity contribution < 1.29 is 9.53 Å². The number of likely N-dealkylation sites (tertiary alicyclic amines) is 1. The summed E-state index contributed by atoms with van der Waals surface area (Å²) in [6.07, 6.45) is 2.58. The maximum Gasteiger partial charge on any atom is 0.322 e. The summed E-state index contributed by atoms with van der Waals surface area (Å²) in [5.74, 6) is 0. The third-order valence-corrected chi connectivity index (χ3v) is 4.02. The van der Waals surface area contributed by atoms with Gasteiger partial charge < -0.3 is 20.7 Å². The van der Waals surface area contributed by atoms with Crippen LogP contribution in [0, 0.1) is 0 Å². The number of carbonyl (C=O) groups excluding carboxylic acids is 1. The molecule has 2 aliphatic rings. The minimum Gasteiger partial charge on any atom is -0.371 e. The van der Waals surface area contributed by atoms with Gasteiger partial charge >= 0.3 is 6.03 Å². The van der Waals surface area contributed by atoms with E-state index < -0.39 is 0 Å². The van der Waals surface area contributed by atoms with Crippen molar-refractivity contribution in [2.75, 3.05) is 18.4 Å². The standard InChI is InChI=1S/C15H21N3O2/c1-10(16)11-2-4-12(5-3-11)17-15(19)18-8-13-6-7-14(9-18)20-13/h2-5,10,13-14H,6-9,16H2,1H3,(H,17,19). The van der Waals surface area contributed by atoms with Crippen molar-refractivity contribution in [2.45, 2.75) is 38.0 Å². The second kappa shape index (κ2) is 5.42. The van der Waals surface area contributed by atoms with Gasteiger partial charge in [-0.3, -0.25) is 0 Å². The summed E-state index contributed by atoms with van der Waals surface area (Å²) in [5, 5.41) is 2.94.